The van der Waals surface area contributed by atoms with E-state index in [9.17, 15) is 22.0 Å². The number of alkyl halides is 5. The fourth-order valence-electron chi connectivity index (χ4n) is 2.05. The number of aliphatic imine (C=N–C) groups is 1. The van der Waals surface area contributed by atoms with Crippen LogP contribution in [0.2, 0.25) is 10.0 Å². The molecule has 2 aromatic rings. The summed E-state index contributed by atoms with van der Waals surface area (Å²) >= 11 is 11.8. The minimum atomic E-state index is -4.72. The second-order valence-corrected chi connectivity index (χ2v) is 6.05. The second-order valence-electron chi connectivity index (χ2n) is 5.23. The molecular formula is C16H7Cl2F5N6O. The number of nitrogens with zero attached hydrogens (tertiary/aromatic N) is 5. The molecule has 14 heteroatoms. The van der Waals surface area contributed by atoms with E-state index in [0.29, 0.717) is 12.1 Å². The number of hydrogen-bond acceptors (Lipinski definition) is 6. The lowest BCUT2D eigenvalue weighted by molar-refractivity contribution is -0.137. The Morgan fingerprint density at radius 3 is 2.30 bits per heavy atom. The third-order valence-electron chi connectivity index (χ3n) is 3.29. The first kappa shape index (κ1) is 22.9. The van der Waals surface area contributed by atoms with E-state index >= 15 is 0 Å². The highest BCUT2D eigenvalue weighted by Crippen LogP contribution is 2.38. The number of benzene rings is 1. The quantitative estimate of drug-likeness (QED) is 0.399. The number of hydrogen-bond donors (Lipinski definition) is 1. The Bertz CT molecular complexity index is 1090. The van der Waals surface area contributed by atoms with Gasteiger partial charge in [-0.05, 0) is 12.1 Å². The summed E-state index contributed by atoms with van der Waals surface area (Å²) in [5.74, 6) is -0.561. The Kier molecular flexibility index (Phi) is 6.87. The van der Waals surface area contributed by atoms with Crippen molar-refractivity contribution in [3.63, 3.8) is 0 Å². The van der Waals surface area contributed by atoms with E-state index in [-0.39, 0.29) is 11.4 Å². The molecule has 0 amide bonds. The number of ether oxygens (including phenoxy) is 1. The number of rotatable bonds is 5. The van der Waals surface area contributed by atoms with Crippen LogP contribution in [0.5, 0.6) is 5.75 Å². The molecule has 0 atom stereocenters. The Balaban J connectivity index is 2.60. The van der Waals surface area contributed by atoms with Gasteiger partial charge in [0.05, 0.1) is 28.0 Å². The molecule has 0 spiro atoms. The van der Waals surface area contributed by atoms with Gasteiger partial charge in [-0.3, -0.25) is 0 Å². The summed E-state index contributed by atoms with van der Waals surface area (Å²) in [6.45, 7) is -3.29. The van der Waals surface area contributed by atoms with E-state index in [1.165, 1.54) is 12.1 Å². The fraction of sp³-hybridized carbons (Fsp3) is 0.125. The zero-order chi connectivity index (χ0) is 22.6. The fourth-order valence-corrected chi connectivity index (χ4v) is 2.71. The highest BCUT2D eigenvalue weighted by atomic mass is 35.5. The highest BCUT2D eigenvalue weighted by molar-refractivity contribution is 6.37. The predicted octanol–water partition coefficient (Wildman–Crippen LogP) is 4.44. The third kappa shape index (κ3) is 5.17. The molecule has 156 valence electrons. The maximum Gasteiger partial charge on any atom is 0.416 e. The lowest BCUT2D eigenvalue weighted by Crippen LogP contribution is -2.07. The molecule has 0 bridgehead atoms. The Labute approximate surface area is 175 Å². The molecule has 0 aliphatic carbocycles. The Hall–Kier alpha value is -3.35. The normalized spacial score (nSPS) is 12.6. The van der Waals surface area contributed by atoms with Gasteiger partial charge in [-0.1, -0.05) is 23.2 Å². The summed E-state index contributed by atoms with van der Waals surface area (Å²) in [7, 11) is 0. The first-order chi connectivity index (χ1) is 14.0. The van der Waals surface area contributed by atoms with Crippen LogP contribution < -0.4 is 10.5 Å². The van der Waals surface area contributed by atoms with E-state index < -0.39 is 45.5 Å². The van der Waals surface area contributed by atoms with Crippen LogP contribution in [0.3, 0.4) is 0 Å². The van der Waals surface area contributed by atoms with Crippen molar-refractivity contribution in [2.45, 2.75) is 12.8 Å². The molecule has 7 nitrogen and oxygen atoms in total. The monoisotopic (exact) mass is 464 g/mol. The highest BCUT2D eigenvalue weighted by Gasteiger charge is 2.32. The Morgan fingerprint density at radius 1 is 1.23 bits per heavy atom. The topological polar surface area (TPSA) is 113 Å². The molecule has 0 aliphatic rings. The van der Waals surface area contributed by atoms with E-state index in [1.807, 2.05) is 0 Å². The lowest BCUT2D eigenvalue weighted by Gasteiger charge is -2.12. The Morgan fingerprint density at radius 2 is 1.83 bits per heavy atom. The van der Waals surface area contributed by atoms with Gasteiger partial charge in [-0.25, -0.2) is 9.67 Å². The molecule has 2 rings (SSSR count). The van der Waals surface area contributed by atoms with Gasteiger partial charge in [-0.2, -0.15) is 37.6 Å². The molecule has 0 aliphatic heterocycles. The van der Waals surface area contributed by atoms with E-state index in [1.54, 1.807) is 0 Å². The van der Waals surface area contributed by atoms with Crippen LogP contribution in [0.1, 0.15) is 11.3 Å². The molecule has 1 aromatic heterocycles. The first-order valence-corrected chi connectivity index (χ1v) is 8.18. The maximum absolute atomic E-state index is 12.9. The first-order valence-electron chi connectivity index (χ1n) is 7.43. The van der Waals surface area contributed by atoms with Crippen LogP contribution >= 0.6 is 23.2 Å². The predicted molar refractivity (Wildman–Crippen MR) is 95.3 cm³/mol. The van der Waals surface area contributed by atoms with E-state index in [2.05, 4.69) is 14.8 Å². The van der Waals surface area contributed by atoms with Crippen molar-refractivity contribution in [2.75, 3.05) is 0 Å². The van der Waals surface area contributed by atoms with Crippen molar-refractivity contribution in [1.29, 1.82) is 10.5 Å². The summed E-state index contributed by atoms with van der Waals surface area (Å²) in [6.07, 6.45) is -3.06. The van der Waals surface area contributed by atoms with Crippen molar-refractivity contribution >= 4 is 29.4 Å². The number of allylic oxidation sites excluding steroid dienone is 2. The molecule has 0 radical (unpaired) electrons. The van der Waals surface area contributed by atoms with Crippen LogP contribution in [0.15, 0.2) is 34.7 Å². The summed E-state index contributed by atoms with van der Waals surface area (Å²) < 4.78 is 69.1. The smallest absolute Gasteiger partial charge is 0.416 e. The molecule has 1 aromatic carbocycles. The number of halogens is 7. The summed E-state index contributed by atoms with van der Waals surface area (Å²) in [5.41, 5.74) is 2.45. The number of aromatic nitrogens is 2. The minimum Gasteiger partial charge on any atom is -0.431 e. The van der Waals surface area contributed by atoms with Crippen molar-refractivity contribution in [2.24, 2.45) is 10.7 Å². The maximum atomic E-state index is 12.9. The van der Waals surface area contributed by atoms with Crippen LogP contribution in [-0.2, 0) is 6.18 Å². The van der Waals surface area contributed by atoms with Gasteiger partial charge in [0.15, 0.2) is 11.4 Å². The van der Waals surface area contributed by atoms with Gasteiger partial charge in [0.25, 0.3) is 0 Å². The molecule has 30 heavy (non-hydrogen) atoms. The van der Waals surface area contributed by atoms with Crippen LogP contribution in [-0.4, -0.2) is 22.6 Å². The largest absolute Gasteiger partial charge is 0.431 e. The number of nitriles is 2. The van der Waals surface area contributed by atoms with Gasteiger partial charge in [0.1, 0.15) is 29.2 Å². The third-order valence-corrected chi connectivity index (χ3v) is 3.87. The zero-order valence-electron chi connectivity index (χ0n) is 14.3. The van der Waals surface area contributed by atoms with Crippen LogP contribution in [0, 0.1) is 22.7 Å². The second kappa shape index (κ2) is 8.98. The molecule has 0 saturated heterocycles. The van der Waals surface area contributed by atoms with Crippen molar-refractivity contribution in [3.8, 4) is 23.6 Å². The molecule has 0 fully saturated rings. The molecule has 0 saturated carbocycles. The average molecular weight is 465 g/mol. The summed E-state index contributed by atoms with van der Waals surface area (Å²) in [4.78, 5) is 3.58. The summed E-state index contributed by atoms with van der Waals surface area (Å²) in [6, 6.07) is 4.16. The molecule has 1 heterocycles. The summed E-state index contributed by atoms with van der Waals surface area (Å²) in [5, 5.41) is 20.5. The van der Waals surface area contributed by atoms with Crippen molar-refractivity contribution < 1.29 is 26.7 Å². The van der Waals surface area contributed by atoms with Gasteiger partial charge in [-0.15, -0.1) is 0 Å². The van der Waals surface area contributed by atoms with E-state index in [0.717, 1.165) is 17.1 Å². The lowest BCUT2D eigenvalue weighted by atomic mass is 10.2. The SMILES string of the molecule is N#CC(N)=C(C#N)N=Cc1nn(-c2c(Cl)cc(C(F)(F)F)cc2Cl)cc1OC(F)F. The van der Waals surface area contributed by atoms with Crippen molar-refractivity contribution in [3.05, 3.63) is 51.0 Å². The zero-order valence-corrected chi connectivity index (χ0v) is 15.8. The van der Waals surface area contributed by atoms with Gasteiger partial charge in [0, 0.05) is 0 Å². The van der Waals surface area contributed by atoms with Gasteiger partial charge in [0.2, 0.25) is 0 Å². The van der Waals surface area contributed by atoms with Crippen LogP contribution in [0.4, 0.5) is 22.0 Å². The average Bonchev–Trinajstić information content (AvgIpc) is 3.02. The molecular weight excluding hydrogens is 458 g/mol. The van der Waals surface area contributed by atoms with Gasteiger partial charge < -0.3 is 10.5 Å². The van der Waals surface area contributed by atoms with E-state index in [4.69, 9.17) is 39.5 Å². The molecule has 0 unspecified atom stereocenters. The number of nitrogens with two attached hydrogens (primary N) is 1. The molecule has 2 N–H and O–H groups in total. The minimum absolute atomic E-state index is 0.252. The van der Waals surface area contributed by atoms with Gasteiger partial charge >= 0.3 is 12.8 Å². The standard InChI is InChI=1S/C16H7Cl2F5N6O/c17-8-1-7(16(21,22)23)2-9(18)14(8)29-6-13(30-15(19)20)12(28-29)5-27-11(4-25)10(26)3-24/h1-2,5-6,15H,26H2. The van der Waals surface area contributed by atoms with Crippen LogP contribution in [0.25, 0.3) is 5.69 Å². The van der Waals surface area contributed by atoms with Crippen molar-refractivity contribution in [1.82, 2.24) is 9.78 Å².